The Balaban J connectivity index is 1.60. The molecule has 5 aromatic rings. The van der Waals surface area contributed by atoms with Gasteiger partial charge in [-0.25, -0.2) is 5.01 Å². The van der Waals surface area contributed by atoms with E-state index in [1.807, 2.05) is 47.6 Å². The van der Waals surface area contributed by atoms with E-state index < -0.39 is 0 Å². The molecule has 3 nitrogen and oxygen atoms in total. The summed E-state index contributed by atoms with van der Waals surface area (Å²) in [5.41, 5.74) is 5.68. The fourth-order valence-electron chi connectivity index (χ4n) is 4.20. The summed E-state index contributed by atoms with van der Waals surface area (Å²) >= 11 is 0. The largest absolute Gasteiger partial charge is 0.338 e. The molecular formula is C28H25N3. The summed E-state index contributed by atoms with van der Waals surface area (Å²) in [7, 11) is 0. The summed E-state index contributed by atoms with van der Waals surface area (Å²) < 4.78 is 2.41. The van der Waals surface area contributed by atoms with Crippen LogP contribution in [0.2, 0.25) is 0 Å². The van der Waals surface area contributed by atoms with E-state index in [-0.39, 0.29) is 0 Å². The molecule has 0 N–H and O–H groups in total. The van der Waals surface area contributed by atoms with Gasteiger partial charge < -0.3 is 4.57 Å². The van der Waals surface area contributed by atoms with E-state index in [4.69, 9.17) is 5.10 Å². The Bertz CT molecular complexity index is 1310. The lowest BCUT2D eigenvalue weighted by Gasteiger charge is -2.19. The molecule has 0 unspecified atom stereocenters. The van der Waals surface area contributed by atoms with Gasteiger partial charge in [0.15, 0.2) is 0 Å². The Morgan fingerprint density at radius 3 is 1.90 bits per heavy atom. The van der Waals surface area contributed by atoms with Crippen molar-refractivity contribution in [3.05, 3.63) is 109 Å². The van der Waals surface area contributed by atoms with Crippen LogP contribution in [-0.4, -0.2) is 10.8 Å². The Hall–Kier alpha value is -3.85. The third-order valence-electron chi connectivity index (χ3n) is 5.57. The van der Waals surface area contributed by atoms with Gasteiger partial charge in [0.1, 0.15) is 0 Å². The zero-order valence-corrected chi connectivity index (χ0v) is 17.8. The number of para-hydroxylation sites is 3. The van der Waals surface area contributed by atoms with E-state index in [1.165, 1.54) is 21.8 Å². The highest BCUT2D eigenvalue weighted by molar-refractivity contribution is 6.09. The van der Waals surface area contributed by atoms with Crippen molar-refractivity contribution < 1.29 is 0 Å². The molecule has 0 radical (unpaired) electrons. The molecule has 0 fully saturated rings. The van der Waals surface area contributed by atoms with Crippen molar-refractivity contribution in [2.75, 3.05) is 5.01 Å². The molecule has 5 rings (SSSR count). The van der Waals surface area contributed by atoms with Crippen molar-refractivity contribution in [3.63, 3.8) is 0 Å². The van der Waals surface area contributed by atoms with Gasteiger partial charge in [-0.1, -0.05) is 60.7 Å². The van der Waals surface area contributed by atoms with Gasteiger partial charge in [0.25, 0.3) is 0 Å². The predicted octanol–water partition coefficient (Wildman–Crippen LogP) is 7.55. The van der Waals surface area contributed by atoms with Crippen LogP contribution in [0.15, 0.2) is 108 Å². The van der Waals surface area contributed by atoms with Crippen molar-refractivity contribution in [1.82, 2.24) is 4.57 Å². The number of nitrogens with zero attached hydrogens (tertiary/aromatic N) is 3. The number of hydrogen-bond donors (Lipinski definition) is 0. The van der Waals surface area contributed by atoms with Crippen molar-refractivity contribution in [3.8, 4) is 0 Å². The number of rotatable bonds is 5. The molecule has 0 saturated carbocycles. The number of aromatic nitrogens is 1. The van der Waals surface area contributed by atoms with E-state index in [9.17, 15) is 0 Å². The lowest BCUT2D eigenvalue weighted by atomic mass is 10.1. The Kier molecular flexibility index (Phi) is 5.01. The Morgan fingerprint density at radius 1 is 0.677 bits per heavy atom. The topological polar surface area (TPSA) is 20.5 Å². The number of hydrogen-bond acceptors (Lipinski definition) is 2. The van der Waals surface area contributed by atoms with Crippen LogP contribution in [0.3, 0.4) is 0 Å². The first kappa shape index (κ1) is 19.1. The molecule has 152 valence electrons. The van der Waals surface area contributed by atoms with Crippen LogP contribution in [0, 0.1) is 0 Å². The zero-order valence-electron chi connectivity index (χ0n) is 17.8. The molecule has 0 bridgehead atoms. The highest BCUT2D eigenvalue weighted by Gasteiger charge is 2.13. The summed E-state index contributed by atoms with van der Waals surface area (Å²) in [6, 6.07) is 36.1. The van der Waals surface area contributed by atoms with Crippen LogP contribution in [-0.2, 0) is 0 Å². The summed E-state index contributed by atoms with van der Waals surface area (Å²) in [5.74, 6) is 0. The van der Waals surface area contributed by atoms with Crippen LogP contribution < -0.4 is 5.01 Å². The highest BCUT2D eigenvalue weighted by Crippen LogP contribution is 2.32. The maximum absolute atomic E-state index is 4.86. The van der Waals surface area contributed by atoms with Crippen LogP contribution in [0.25, 0.3) is 21.8 Å². The molecule has 3 heteroatoms. The Morgan fingerprint density at radius 2 is 1.26 bits per heavy atom. The third-order valence-corrected chi connectivity index (χ3v) is 5.57. The monoisotopic (exact) mass is 403 g/mol. The fraction of sp³-hybridized carbons (Fsp3) is 0.107. The smallest absolute Gasteiger partial charge is 0.0652 e. The molecule has 0 spiro atoms. The first-order valence-electron chi connectivity index (χ1n) is 10.7. The van der Waals surface area contributed by atoms with Crippen LogP contribution >= 0.6 is 0 Å². The number of hydrazone groups is 1. The molecule has 0 aliphatic carbocycles. The van der Waals surface area contributed by atoms with E-state index in [1.54, 1.807) is 0 Å². The second kappa shape index (κ2) is 8.11. The van der Waals surface area contributed by atoms with Crippen LogP contribution in [0.4, 0.5) is 11.4 Å². The minimum absolute atomic E-state index is 0.397. The lowest BCUT2D eigenvalue weighted by molar-refractivity contribution is 0.642. The maximum atomic E-state index is 4.86. The summed E-state index contributed by atoms with van der Waals surface area (Å²) in [6.07, 6.45) is 1.95. The molecule has 0 aliphatic heterocycles. The fourth-order valence-corrected chi connectivity index (χ4v) is 4.20. The van der Waals surface area contributed by atoms with Gasteiger partial charge in [-0.05, 0) is 61.9 Å². The molecule has 1 aromatic heterocycles. The van der Waals surface area contributed by atoms with Crippen molar-refractivity contribution >= 4 is 39.4 Å². The van der Waals surface area contributed by atoms with Crippen molar-refractivity contribution in [2.24, 2.45) is 5.10 Å². The molecule has 0 atom stereocenters. The summed E-state index contributed by atoms with van der Waals surface area (Å²) in [5, 5.41) is 9.38. The molecular weight excluding hydrogens is 378 g/mol. The average molecular weight is 404 g/mol. The minimum Gasteiger partial charge on any atom is -0.338 e. The van der Waals surface area contributed by atoms with Gasteiger partial charge in [-0.3, -0.25) is 0 Å². The van der Waals surface area contributed by atoms with E-state index >= 15 is 0 Å². The first-order chi connectivity index (χ1) is 15.2. The highest BCUT2D eigenvalue weighted by atomic mass is 15.5. The van der Waals surface area contributed by atoms with Gasteiger partial charge in [0.2, 0.25) is 0 Å². The Labute approximate surface area is 182 Å². The second-order valence-corrected chi connectivity index (χ2v) is 7.98. The lowest BCUT2D eigenvalue weighted by Crippen LogP contribution is -2.09. The standard InChI is InChI=1S/C28H25N3/c1-21(2)30-27-16-10-9-15-25(27)26-19-22(17-18-28(26)30)20-29-31(23-11-5-3-6-12-23)24-13-7-4-8-14-24/h3-21H,1-2H3/b29-20+. The van der Waals surface area contributed by atoms with Gasteiger partial charge >= 0.3 is 0 Å². The third kappa shape index (κ3) is 3.59. The molecule has 0 amide bonds. The number of fused-ring (bicyclic) bond motifs is 3. The van der Waals surface area contributed by atoms with Crippen molar-refractivity contribution in [2.45, 2.75) is 19.9 Å². The van der Waals surface area contributed by atoms with Gasteiger partial charge in [-0.2, -0.15) is 5.10 Å². The molecule has 0 saturated heterocycles. The zero-order chi connectivity index (χ0) is 21.2. The summed E-state index contributed by atoms with van der Waals surface area (Å²) in [6.45, 7) is 4.47. The number of anilines is 2. The summed E-state index contributed by atoms with van der Waals surface area (Å²) in [4.78, 5) is 0. The SMILES string of the molecule is CC(C)n1c2ccccc2c2cc(/C=N/N(c3ccccc3)c3ccccc3)ccc21. The normalized spacial score (nSPS) is 11.7. The first-order valence-corrected chi connectivity index (χ1v) is 10.7. The van der Waals surface area contributed by atoms with Crippen molar-refractivity contribution in [1.29, 1.82) is 0 Å². The van der Waals surface area contributed by atoms with E-state index in [2.05, 4.69) is 85.1 Å². The number of benzene rings is 4. The maximum Gasteiger partial charge on any atom is 0.0652 e. The minimum atomic E-state index is 0.397. The molecule has 0 aliphatic rings. The van der Waals surface area contributed by atoms with Gasteiger partial charge in [0.05, 0.1) is 17.6 Å². The quantitative estimate of drug-likeness (QED) is 0.219. The van der Waals surface area contributed by atoms with E-state index in [0.29, 0.717) is 6.04 Å². The molecule has 31 heavy (non-hydrogen) atoms. The predicted molar refractivity (Wildman–Crippen MR) is 132 cm³/mol. The average Bonchev–Trinajstić information content (AvgIpc) is 3.15. The van der Waals surface area contributed by atoms with Gasteiger partial charge in [0, 0.05) is 27.8 Å². The van der Waals surface area contributed by atoms with Crippen LogP contribution in [0.5, 0.6) is 0 Å². The van der Waals surface area contributed by atoms with Gasteiger partial charge in [-0.15, -0.1) is 0 Å². The molecule has 1 heterocycles. The van der Waals surface area contributed by atoms with E-state index in [0.717, 1.165) is 16.9 Å². The second-order valence-electron chi connectivity index (χ2n) is 7.98. The van der Waals surface area contributed by atoms with Crippen LogP contribution in [0.1, 0.15) is 25.5 Å². The molecule has 4 aromatic carbocycles.